The third kappa shape index (κ3) is 2.42. The zero-order valence-corrected chi connectivity index (χ0v) is 10.2. The average Bonchev–Trinajstić information content (AvgIpc) is 2.35. The third-order valence-corrected chi connectivity index (χ3v) is 2.40. The van der Waals surface area contributed by atoms with E-state index in [-0.39, 0.29) is 11.6 Å². The lowest BCUT2D eigenvalue weighted by Crippen LogP contribution is -2.13. The van der Waals surface area contributed by atoms with Gasteiger partial charge in [0.2, 0.25) is 5.88 Å². The molecule has 2 aromatic rings. The number of nitrogen functional groups attached to an aromatic ring is 1. The van der Waals surface area contributed by atoms with Crippen molar-refractivity contribution in [2.45, 2.75) is 0 Å². The number of aromatic nitrogens is 2. The summed E-state index contributed by atoms with van der Waals surface area (Å²) in [6.07, 6.45) is 1.25. The topological polar surface area (TPSA) is 84.2 Å². The van der Waals surface area contributed by atoms with Crippen molar-refractivity contribution in [3.63, 3.8) is 0 Å². The van der Waals surface area contributed by atoms with E-state index in [2.05, 4.69) is 9.97 Å². The Morgan fingerprint density at radius 1 is 1.39 bits per heavy atom. The number of nitrogens with two attached hydrogens (primary N) is 1. The minimum absolute atomic E-state index is 0.0345. The van der Waals surface area contributed by atoms with Gasteiger partial charge < -0.3 is 20.4 Å². The predicted molar refractivity (Wildman–Crippen MR) is 70.1 cm³/mol. The van der Waals surface area contributed by atoms with Crippen LogP contribution in [0.3, 0.4) is 0 Å². The largest absolute Gasteiger partial charge is 0.437 e. The van der Waals surface area contributed by atoms with Crippen molar-refractivity contribution < 1.29 is 4.74 Å². The Labute approximate surface area is 104 Å². The minimum atomic E-state index is -0.413. The van der Waals surface area contributed by atoms with Gasteiger partial charge in [-0.2, -0.15) is 0 Å². The highest BCUT2D eigenvalue weighted by molar-refractivity contribution is 5.52. The highest BCUT2D eigenvalue weighted by Gasteiger charge is 2.07. The molecule has 94 valence electrons. The van der Waals surface area contributed by atoms with Crippen molar-refractivity contribution in [3.8, 4) is 11.6 Å². The van der Waals surface area contributed by atoms with Crippen LogP contribution in [0.2, 0.25) is 0 Å². The van der Waals surface area contributed by atoms with E-state index >= 15 is 0 Å². The lowest BCUT2D eigenvalue weighted by molar-refractivity contribution is 0.463. The second kappa shape index (κ2) is 4.79. The maximum absolute atomic E-state index is 11.3. The fraction of sp³-hybridized carbons (Fsp3) is 0.167. The molecule has 18 heavy (non-hydrogen) atoms. The number of H-pyrrole nitrogens is 1. The van der Waals surface area contributed by atoms with Crippen molar-refractivity contribution >= 4 is 11.4 Å². The summed E-state index contributed by atoms with van der Waals surface area (Å²) >= 11 is 0. The molecule has 0 atom stereocenters. The molecule has 3 N–H and O–H groups in total. The number of nitrogens with one attached hydrogen (secondary N) is 1. The molecule has 0 amide bonds. The monoisotopic (exact) mass is 246 g/mol. The van der Waals surface area contributed by atoms with E-state index in [1.165, 1.54) is 6.33 Å². The molecule has 0 saturated heterocycles. The molecule has 6 heteroatoms. The van der Waals surface area contributed by atoms with Gasteiger partial charge in [0, 0.05) is 25.8 Å². The van der Waals surface area contributed by atoms with Crippen LogP contribution >= 0.6 is 0 Å². The van der Waals surface area contributed by atoms with E-state index in [9.17, 15) is 4.79 Å². The van der Waals surface area contributed by atoms with E-state index < -0.39 is 5.56 Å². The first-order chi connectivity index (χ1) is 8.58. The van der Waals surface area contributed by atoms with Gasteiger partial charge in [0.1, 0.15) is 5.75 Å². The van der Waals surface area contributed by atoms with Crippen LogP contribution in [0, 0.1) is 0 Å². The lowest BCUT2D eigenvalue weighted by atomic mass is 10.3. The van der Waals surface area contributed by atoms with Crippen LogP contribution in [0.5, 0.6) is 11.6 Å². The quantitative estimate of drug-likeness (QED) is 0.850. The van der Waals surface area contributed by atoms with Crippen LogP contribution in [-0.4, -0.2) is 24.1 Å². The number of nitrogens with zero attached hydrogens (tertiary/aromatic N) is 2. The Kier molecular flexibility index (Phi) is 3.18. The number of aromatic amines is 1. The summed E-state index contributed by atoms with van der Waals surface area (Å²) in [5.41, 5.74) is 6.12. The predicted octanol–water partition coefficient (Wildman–Crippen LogP) is 1.21. The molecule has 2 rings (SSSR count). The molecule has 0 fully saturated rings. The average molecular weight is 246 g/mol. The van der Waals surface area contributed by atoms with E-state index in [4.69, 9.17) is 10.5 Å². The van der Waals surface area contributed by atoms with Crippen molar-refractivity contribution in [2.75, 3.05) is 24.7 Å². The molecule has 0 spiro atoms. The lowest BCUT2D eigenvalue weighted by Gasteiger charge is -2.13. The third-order valence-electron chi connectivity index (χ3n) is 2.40. The van der Waals surface area contributed by atoms with Crippen LogP contribution in [0.15, 0.2) is 35.4 Å². The van der Waals surface area contributed by atoms with Crippen molar-refractivity contribution in [1.29, 1.82) is 0 Å². The van der Waals surface area contributed by atoms with E-state index in [1.807, 2.05) is 37.2 Å². The number of hydrogen-bond acceptors (Lipinski definition) is 5. The Bertz CT molecular complexity index is 607. The smallest absolute Gasteiger partial charge is 0.277 e. The van der Waals surface area contributed by atoms with Gasteiger partial charge in [-0.3, -0.25) is 4.79 Å². The molecule has 0 radical (unpaired) electrons. The Balaban J connectivity index is 2.31. The molecular weight excluding hydrogens is 232 g/mol. The van der Waals surface area contributed by atoms with Gasteiger partial charge in [0.25, 0.3) is 5.56 Å². The van der Waals surface area contributed by atoms with Gasteiger partial charge >= 0.3 is 0 Å². The van der Waals surface area contributed by atoms with Crippen LogP contribution in [0.1, 0.15) is 0 Å². The van der Waals surface area contributed by atoms with E-state index in [0.717, 1.165) is 5.69 Å². The van der Waals surface area contributed by atoms with Crippen LogP contribution in [-0.2, 0) is 0 Å². The molecule has 0 unspecified atom stereocenters. The molecular formula is C12H14N4O2. The van der Waals surface area contributed by atoms with Gasteiger partial charge in [-0.25, -0.2) is 4.98 Å². The number of rotatable bonds is 3. The Morgan fingerprint density at radius 2 is 2.17 bits per heavy atom. The highest BCUT2D eigenvalue weighted by Crippen LogP contribution is 2.25. The van der Waals surface area contributed by atoms with Crippen LogP contribution < -0.4 is 20.9 Å². The second-order valence-electron chi connectivity index (χ2n) is 3.94. The number of ether oxygens (including phenoxy) is 1. The van der Waals surface area contributed by atoms with Crippen molar-refractivity contribution in [2.24, 2.45) is 0 Å². The molecule has 0 bridgehead atoms. The Morgan fingerprint density at radius 3 is 2.89 bits per heavy atom. The fourth-order valence-corrected chi connectivity index (χ4v) is 1.41. The van der Waals surface area contributed by atoms with Gasteiger partial charge in [-0.1, -0.05) is 6.07 Å². The summed E-state index contributed by atoms with van der Waals surface area (Å²) in [4.78, 5) is 19.5. The first-order valence-corrected chi connectivity index (χ1v) is 5.36. The van der Waals surface area contributed by atoms with Crippen LogP contribution in [0.4, 0.5) is 11.4 Å². The number of hydrogen-bond donors (Lipinski definition) is 2. The Hall–Kier alpha value is -2.50. The SMILES string of the molecule is CN(C)c1cccc(Oc2nc[nH]c(=O)c2N)c1. The second-order valence-corrected chi connectivity index (χ2v) is 3.94. The molecule has 0 aliphatic rings. The summed E-state index contributed by atoms with van der Waals surface area (Å²) < 4.78 is 5.50. The first-order valence-electron chi connectivity index (χ1n) is 5.36. The fourth-order valence-electron chi connectivity index (χ4n) is 1.41. The number of benzene rings is 1. The molecule has 0 saturated carbocycles. The zero-order valence-electron chi connectivity index (χ0n) is 10.2. The molecule has 0 aliphatic carbocycles. The summed E-state index contributed by atoms with van der Waals surface area (Å²) in [6.45, 7) is 0. The summed E-state index contributed by atoms with van der Waals surface area (Å²) in [6, 6.07) is 7.41. The molecule has 1 aromatic heterocycles. The molecule has 0 aliphatic heterocycles. The summed E-state index contributed by atoms with van der Waals surface area (Å²) in [5, 5.41) is 0. The molecule has 1 aromatic carbocycles. The maximum Gasteiger partial charge on any atom is 0.277 e. The van der Waals surface area contributed by atoms with E-state index in [0.29, 0.717) is 5.75 Å². The van der Waals surface area contributed by atoms with Gasteiger partial charge in [-0.05, 0) is 12.1 Å². The molecule has 1 heterocycles. The summed E-state index contributed by atoms with van der Waals surface area (Å²) in [5.74, 6) is 0.681. The zero-order chi connectivity index (χ0) is 13.1. The van der Waals surface area contributed by atoms with Gasteiger partial charge in [0.05, 0.1) is 6.33 Å². The van der Waals surface area contributed by atoms with Crippen molar-refractivity contribution in [1.82, 2.24) is 9.97 Å². The molecule has 6 nitrogen and oxygen atoms in total. The maximum atomic E-state index is 11.3. The van der Waals surface area contributed by atoms with Gasteiger partial charge in [0.15, 0.2) is 5.69 Å². The normalized spacial score (nSPS) is 10.1. The highest BCUT2D eigenvalue weighted by atomic mass is 16.5. The van der Waals surface area contributed by atoms with E-state index in [1.54, 1.807) is 6.07 Å². The standard InChI is InChI=1S/C12H14N4O2/c1-16(2)8-4-3-5-9(6-8)18-12-10(13)11(17)14-7-15-12/h3-7H,13H2,1-2H3,(H,14,15,17). The van der Waals surface area contributed by atoms with Crippen molar-refractivity contribution in [3.05, 3.63) is 40.9 Å². The minimum Gasteiger partial charge on any atom is -0.437 e. The first kappa shape index (κ1) is 12.0. The summed E-state index contributed by atoms with van der Waals surface area (Å²) in [7, 11) is 3.86. The number of anilines is 2. The van der Waals surface area contributed by atoms with Crippen LogP contribution in [0.25, 0.3) is 0 Å². The van der Waals surface area contributed by atoms with Gasteiger partial charge in [-0.15, -0.1) is 0 Å².